The van der Waals surface area contributed by atoms with Gasteiger partial charge in [0.2, 0.25) is 0 Å². The Kier molecular flexibility index (Phi) is 2.85. The molecule has 4 nitrogen and oxygen atoms in total. The molecule has 5 heteroatoms. The molecule has 0 radical (unpaired) electrons. The van der Waals surface area contributed by atoms with E-state index in [0.29, 0.717) is 22.5 Å². The van der Waals surface area contributed by atoms with E-state index in [-0.39, 0.29) is 11.9 Å². The van der Waals surface area contributed by atoms with Crippen LogP contribution in [0.5, 0.6) is 0 Å². The monoisotopic (exact) mass is 234 g/mol. The van der Waals surface area contributed by atoms with Gasteiger partial charge in [0.15, 0.2) is 0 Å². The highest BCUT2D eigenvalue weighted by atomic mass is 19.1. The number of hydrogen-bond acceptors (Lipinski definition) is 3. The number of halogens is 1. The second-order valence-corrected chi connectivity index (χ2v) is 4.10. The first-order valence-electron chi connectivity index (χ1n) is 5.33. The summed E-state index contributed by atoms with van der Waals surface area (Å²) in [7, 11) is 1.77. The molecule has 0 aliphatic rings. The molecule has 0 amide bonds. The highest BCUT2D eigenvalue weighted by Crippen LogP contribution is 2.27. The molecule has 1 aromatic carbocycles. The summed E-state index contributed by atoms with van der Waals surface area (Å²) in [5.74, 6) is -0.321. The third-order valence-electron chi connectivity index (χ3n) is 2.73. The normalized spacial score (nSPS) is 12.7. The summed E-state index contributed by atoms with van der Waals surface area (Å²) in [5.41, 5.74) is 13.9. The van der Waals surface area contributed by atoms with Crippen molar-refractivity contribution in [3.05, 3.63) is 35.8 Å². The molecule has 0 fully saturated rings. The van der Waals surface area contributed by atoms with Gasteiger partial charge in [-0.3, -0.25) is 4.68 Å². The maximum atomic E-state index is 13.8. The second-order valence-electron chi connectivity index (χ2n) is 4.10. The lowest BCUT2D eigenvalue weighted by molar-refractivity contribution is 0.594. The van der Waals surface area contributed by atoms with Crippen LogP contribution in [0.3, 0.4) is 0 Å². The zero-order chi connectivity index (χ0) is 12.6. The number of rotatable bonds is 2. The number of hydrogen-bond donors (Lipinski definition) is 2. The first kappa shape index (κ1) is 11.6. The number of nitrogens with two attached hydrogens (primary N) is 2. The predicted molar refractivity (Wildman–Crippen MR) is 65.6 cm³/mol. The molecule has 1 unspecified atom stereocenters. The van der Waals surface area contributed by atoms with Crippen LogP contribution in [-0.4, -0.2) is 9.78 Å². The Labute approximate surface area is 99.0 Å². The summed E-state index contributed by atoms with van der Waals surface area (Å²) in [6, 6.07) is 4.59. The number of nitrogens with zero attached hydrogens (tertiary/aromatic N) is 2. The van der Waals surface area contributed by atoms with Crippen molar-refractivity contribution in [3.8, 4) is 11.3 Å². The van der Waals surface area contributed by atoms with Gasteiger partial charge in [0, 0.05) is 24.2 Å². The van der Waals surface area contributed by atoms with Crippen molar-refractivity contribution in [2.24, 2.45) is 12.8 Å². The lowest BCUT2D eigenvalue weighted by atomic mass is 10.0. The number of aryl methyl sites for hydroxylation is 1. The van der Waals surface area contributed by atoms with Gasteiger partial charge < -0.3 is 11.5 Å². The van der Waals surface area contributed by atoms with Crippen molar-refractivity contribution in [3.63, 3.8) is 0 Å². The molecule has 0 aliphatic heterocycles. The minimum atomic E-state index is -0.326. The van der Waals surface area contributed by atoms with Crippen LogP contribution in [0.2, 0.25) is 0 Å². The summed E-state index contributed by atoms with van der Waals surface area (Å²) < 4.78 is 15.4. The average Bonchev–Trinajstić information content (AvgIpc) is 2.58. The van der Waals surface area contributed by atoms with Crippen molar-refractivity contribution in [2.45, 2.75) is 13.0 Å². The fourth-order valence-corrected chi connectivity index (χ4v) is 1.85. The van der Waals surface area contributed by atoms with E-state index in [4.69, 9.17) is 11.5 Å². The lowest BCUT2D eigenvalue weighted by Crippen LogP contribution is -2.07. The average molecular weight is 234 g/mol. The molecule has 1 atom stereocenters. The van der Waals surface area contributed by atoms with Gasteiger partial charge in [-0.1, -0.05) is 12.1 Å². The smallest absolute Gasteiger partial charge is 0.128 e. The summed E-state index contributed by atoms with van der Waals surface area (Å²) >= 11 is 0. The minimum absolute atomic E-state index is 0.321. The molecule has 2 aromatic rings. The summed E-state index contributed by atoms with van der Waals surface area (Å²) in [6.07, 6.45) is 1.55. The standard InChI is InChI=1S/C12H15FN4/c1-7(14)9-4-3-8(5-10(9)13)12-11(15)6-16-17(12)2/h3-7H,14-15H2,1-2H3. The van der Waals surface area contributed by atoms with E-state index in [9.17, 15) is 4.39 Å². The van der Waals surface area contributed by atoms with Crippen molar-refractivity contribution < 1.29 is 4.39 Å². The molecule has 0 spiro atoms. The Balaban J connectivity index is 2.52. The molecule has 0 saturated heterocycles. The van der Waals surface area contributed by atoms with E-state index in [1.165, 1.54) is 6.07 Å². The van der Waals surface area contributed by atoms with Gasteiger partial charge in [-0.15, -0.1) is 0 Å². The molecule has 2 rings (SSSR count). The van der Waals surface area contributed by atoms with Crippen LogP contribution in [0.15, 0.2) is 24.4 Å². The summed E-state index contributed by atoms with van der Waals surface area (Å²) in [4.78, 5) is 0. The van der Waals surface area contributed by atoms with E-state index in [2.05, 4.69) is 5.10 Å². The summed E-state index contributed by atoms with van der Waals surface area (Å²) in [6.45, 7) is 1.75. The largest absolute Gasteiger partial charge is 0.396 e. The Hall–Kier alpha value is -1.88. The third kappa shape index (κ3) is 2.01. The van der Waals surface area contributed by atoms with Gasteiger partial charge in [0.05, 0.1) is 17.6 Å². The quantitative estimate of drug-likeness (QED) is 0.832. The lowest BCUT2D eigenvalue weighted by Gasteiger charge is -2.09. The first-order valence-corrected chi connectivity index (χ1v) is 5.33. The Bertz CT molecular complexity index is 526. The molecule has 1 aromatic heterocycles. The van der Waals surface area contributed by atoms with Crippen LogP contribution < -0.4 is 11.5 Å². The minimum Gasteiger partial charge on any atom is -0.396 e. The van der Waals surface area contributed by atoms with Crippen LogP contribution in [0.1, 0.15) is 18.5 Å². The van der Waals surface area contributed by atoms with Gasteiger partial charge >= 0.3 is 0 Å². The molecule has 0 bridgehead atoms. The number of anilines is 1. The van der Waals surface area contributed by atoms with E-state index in [1.807, 2.05) is 0 Å². The van der Waals surface area contributed by atoms with Gasteiger partial charge in [0.1, 0.15) is 5.82 Å². The molecule has 90 valence electrons. The van der Waals surface area contributed by atoms with Gasteiger partial charge in [-0.2, -0.15) is 5.10 Å². The Morgan fingerprint density at radius 2 is 2.12 bits per heavy atom. The van der Waals surface area contributed by atoms with Crippen LogP contribution in [0.4, 0.5) is 10.1 Å². The van der Waals surface area contributed by atoms with E-state index >= 15 is 0 Å². The zero-order valence-electron chi connectivity index (χ0n) is 9.81. The molecule has 0 saturated carbocycles. The van der Waals surface area contributed by atoms with Gasteiger partial charge in [0.25, 0.3) is 0 Å². The number of nitrogen functional groups attached to an aromatic ring is 1. The molecule has 0 aliphatic carbocycles. The van der Waals surface area contributed by atoms with Crippen LogP contribution in [0.25, 0.3) is 11.3 Å². The molecule has 17 heavy (non-hydrogen) atoms. The molecule has 1 heterocycles. The van der Waals surface area contributed by atoms with Crippen molar-refractivity contribution in [1.82, 2.24) is 9.78 Å². The van der Waals surface area contributed by atoms with Crippen LogP contribution >= 0.6 is 0 Å². The van der Waals surface area contributed by atoms with Crippen LogP contribution in [0, 0.1) is 5.82 Å². The number of aromatic nitrogens is 2. The van der Waals surface area contributed by atoms with Crippen molar-refractivity contribution in [2.75, 3.05) is 5.73 Å². The van der Waals surface area contributed by atoms with Crippen molar-refractivity contribution in [1.29, 1.82) is 0 Å². The fourth-order valence-electron chi connectivity index (χ4n) is 1.85. The van der Waals surface area contributed by atoms with E-state index in [1.54, 1.807) is 37.0 Å². The molecular weight excluding hydrogens is 219 g/mol. The SMILES string of the molecule is CC(N)c1ccc(-c2c(N)cnn2C)cc1F. The summed E-state index contributed by atoms with van der Waals surface area (Å²) in [5, 5.41) is 4.02. The van der Waals surface area contributed by atoms with E-state index in [0.717, 1.165) is 0 Å². The second kappa shape index (κ2) is 4.18. The first-order chi connectivity index (χ1) is 8.00. The maximum absolute atomic E-state index is 13.8. The highest BCUT2D eigenvalue weighted by Gasteiger charge is 2.12. The Morgan fingerprint density at radius 3 is 2.59 bits per heavy atom. The Morgan fingerprint density at radius 1 is 1.41 bits per heavy atom. The highest BCUT2D eigenvalue weighted by molar-refractivity contribution is 5.72. The molecular formula is C12H15FN4. The third-order valence-corrected chi connectivity index (χ3v) is 2.73. The van der Waals surface area contributed by atoms with E-state index < -0.39 is 0 Å². The van der Waals surface area contributed by atoms with Gasteiger partial charge in [-0.05, 0) is 13.0 Å². The van der Waals surface area contributed by atoms with Gasteiger partial charge in [-0.25, -0.2) is 4.39 Å². The zero-order valence-corrected chi connectivity index (χ0v) is 9.81. The molecule has 4 N–H and O–H groups in total. The maximum Gasteiger partial charge on any atom is 0.128 e. The predicted octanol–water partition coefficient (Wildman–Crippen LogP) is 1.83. The van der Waals surface area contributed by atoms with Crippen LogP contribution in [-0.2, 0) is 7.05 Å². The fraction of sp³-hybridized carbons (Fsp3) is 0.250. The van der Waals surface area contributed by atoms with Crippen molar-refractivity contribution >= 4 is 5.69 Å². The topological polar surface area (TPSA) is 69.9 Å². The number of benzene rings is 1.